The van der Waals surface area contributed by atoms with Crippen LogP contribution in [0.25, 0.3) is 0 Å². The molecule has 0 aromatic heterocycles. The molecule has 3 saturated heterocycles. The zero-order valence-electron chi connectivity index (χ0n) is 13.4. The summed E-state index contributed by atoms with van der Waals surface area (Å²) in [4.78, 5) is 2.39. The van der Waals surface area contributed by atoms with Crippen molar-refractivity contribution < 1.29 is 23.7 Å². The van der Waals surface area contributed by atoms with Gasteiger partial charge in [0.15, 0.2) is 11.5 Å². The Morgan fingerprint density at radius 3 is 2.22 bits per heavy atom. The zero-order valence-corrected chi connectivity index (χ0v) is 13.4. The summed E-state index contributed by atoms with van der Waals surface area (Å²) in [6.45, 7) is 5.91. The SMILES string of the molecule is COc1cc(CN(CC2CO2)CC2CO2)ccc1OCC1CO1. The lowest BCUT2D eigenvalue weighted by atomic mass is 10.1. The minimum absolute atomic E-state index is 0.243. The van der Waals surface area contributed by atoms with E-state index in [1.54, 1.807) is 7.11 Å². The number of nitrogens with zero attached hydrogens (tertiary/aromatic N) is 1. The van der Waals surface area contributed by atoms with Gasteiger partial charge in [0.2, 0.25) is 0 Å². The van der Waals surface area contributed by atoms with E-state index in [9.17, 15) is 0 Å². The van der Waals surface area contributed by atoms with Crippen molar-refractivity contribution in [1.82, 2.24) is 4.90 Å². The van der Waals surface area contributed by atoms with Crippen molar-refractivity contribution in [2.24, 2.45) is 0 Å². The summed E-state index contributed by atoms with van der Waals surface area (Å²) in [5.74, 6) is 1.54. The second kappa shape index (κ2) is 6.65. The Hall–Kier alpha value is -1.34. The first-order valence-electron chi connectivity index (χ1n) is 8.17. The van der Waals surface area contributed by atoms with Gasteiger partial charge in [0, 0.05) is 19.6 Å². The standard InChI is InChI=1S/C17H23NO5/c1-19-17-4-12(2-3-16(17)23-11-15-10-22-15)5-18(6-13-8-20-13)7-14-9-21-14/h2-4,13-15H,5-11H2,1H3. The first kappa shape index (κ1) is 15.2. The summed E-state index contributed by atoms with van der Waals surface area (Å²) in [5, 5.41) is 0. The van der Waals surface area contributed by atoms with Crippen LogP contribution >= 0.6 is 0 Å². The minimum Gasteiger partial charge on any atom is -0.493 e. The van der Waals surface area contributed by atoms with Gasteiger partial charge < -0.3 is 23.7 Å². The highest BCUT2D eigenvalue weighted by atomic mass is 16.6. The number of hydrogen-bond acceptors (Lipinski definition) is 6. The topological polar surface area (TPSA) is 59.3 Å². The number of epoxide rings is 3. The third-order valence-electron chi connectivity index (χ3n) is 4.19. The van der Waals surface area contributed by atoms with Gasteiger partial charge in [-0.05, 0) is 17.7 Å². The number of hydrogen-bond donors (Lipinski definition) is 0. The fourth-order valence-corrected chi connectivity index (χ4v) is 2.66. The Kier molecular flexibility index (Phi) is 4.39. The molecular formula is C17H23NO5. The van der Waals surface area contributed by atoms with Crippen molar-refractivity contribution in [2.45, 2.75) is 24.9 Å². The Morgan fingerprint density at radius 2 is 1.65 bits per heavy atom. The van der Waals surface area contributed by atoms with E-state index in [2.05, 4.69) is 17.0 Å². The van der Waals surface area contributed by atoms with Gasteiger partial charge in [0.05, 0.1) is 39.1 Å². The van der Waals surface area contributed by atoms with E-state index in [0.29, 0.717) is 18.8 Å². The second-order valence-corrected chi connectivity index (χ2v) is 6.36. The van der Waals surface area contributed by atoms with Crippen LogP contribution in [0.5, 0.6) is 11.5 Å². The van der Waals surface area contributed by atoms with Gasteiger partial charge in [-0.3, -0.25) is 4.90 Å². The van der Waals surface area contributed by atoms with Crippen LogP contribution in [0.3, 0.4) is 0 Å². The molecule has 0 N–H and O–H groups in total. The summed E-state index contributed by atoms with van der Waals surface area (Å²) in [7, 11) is 1.67. The van der Waals surface area contributed by atoms with E-state index >= 15 is 0 Å². The van der Waals surface area contributed by atoms with Crippen LogP contribution in [-0.2, 0) is 20.8 Å². The van der Waals surface area contributed by atoms with Crippen LogP contribution in [0.1, 0.15) is 5.56 Å². The molecule has 23 heavy (non-hydrogen) atoms. The number of methoxy groups -OCH3 is 1. The summed E-state index contributed by atoms with van der Waals surface area (Å²) >= 11 is 0. The minimum atomic E-state index is 0.243. The molecule has 6 heteroatoms. The van der Waals surface area contributed by atoms with Crippen molar-refractivity contribution in [1.29, 1.82) is 0 Å². The van der Waals surface area contributed by atoms with Gasteiger partial charge in [0.25, 0.3) is 0 Å². The molecule has 4 rings (SSSR count). The smallest absolute Gasteiger partial charge is 0.161 e. The fraction of sp³-hybridized carbons (Fsp3) is 0.647. The van der Waals surface area contributed by atoms with Crippen LogP contribution in [0.2, 0.25) is 0 Å². The molecule has 3 fully saturated rings. The van der Waals surface area contributed by atoms with Crippen molar-refractivity contribution in [3.8, 4) is 11.5 Å². The van der Waals surface area contributed by atoms with E-state index in [1.165, 1.54) is 5.56 Å². The van der Waals surface area contributed by atoms with E-state index < -0.39 is 0 Å². The predicted molar refractivity (Wildman–Crippen MR) is 83.0 cm³/mol. The first-order valence-corrected chi connectivity index (χ1v) is 8.17. The molecule has 3 aliphatic rings. The molecule has 0 spiro atoms. The zero-order chi connectivity index (χ0) is 15.6. The molecule has 1 aromatic rings. The molecule has 0 amide bonds. The third kappa shape index (κ3) is 4.57. The first-order chi connectivity index (χ1) is 11.3. The van der Waals surface area contributed by atoms with Gasteiger partial charge in [-0.2, -0.15) is 0 Å². The van der Waals surface area contributed by atoms with Crippen molar-refractivity contribution in [3.63, 3.8) is 0 Å². The van der Waals surface area contributed by atoms with Gasteiger partial charge in [-0.1, -0.05) is 6.07 Å². The van der Waals surface area contributed by atoms with E-state index in [-0.39, 0.29) is 6.10 Å². The highest BCUT2D eigenvalue weighted by molar-refractivity contribution is 5.43. The van der Waals surface area contributed by atoms with Crippen molar-refractivity contribution >= 4 is 0 Å². The fourth-order valence-electron chi connectivity index (χ4n) is 2.66. The Morgan fingerprint density at radius 1 is 1.00 bits per heavy atom. The molecule has 0 bridgehead atoms. The summed E-state index contributed by atoms with van der Waals surface area (Å²) in [6, 6.07) is 6.13. The molecule has 0 aliphatic carbocycles. The monoisotopic (exact) mass is 321 g/mol. The molecule has 1 aromatic carbocycles. The van der Waals surface area contributed by atoms with Gasteiger partial charge in [0.1, 0.15) is 12.7 Å². The number of benzene rings is 1. The lowest BCUT2D eigenvalue weighted by Crippen LogP contribution is -2.31. The van der Waals surface area contributed by atoms with Gasteiger partial charge >= 0.3 is 0 Å². The van der Waals surface area contributed by atoms with Crippen LogP contribution in [0, 0.1) is 0 Å². The van der Waals surface area contributed by atoms with Crippen LogP contribution < -0.4 is 9.47 Å². The molecule has 3 aliphatic heterocycles. The summed E-state index contributed by atoms with van der Waals surface area (Å²) in [6.07, 6.45) is 1.01. The Balaban J connectivity index is 1.39. The van der Waals surface area contributed by atoms with Gasteiger partial charge in [-0.25, -0.2) is 0 Å². The lowest BCUT2D eigenvalue weighted by molar-refractivity contribution is 0.212. The molecule has 0 saturated carbocycles. The van der Waals surface area contributed by atoms with E-state index in [1.807, 2.05) is 6.07 Å². The van der Waals surface area contributed by atoms with Crippen LogP contribution in [-0.4, -0.2) is 69.8 Å². The van der Waals surface area contributed by atoms with Crippen LogP contribution in [0.4, 0.5) is 0 Å². The van der Waals surface area contributed by atoms with E-state index in [0.717, 1.165) is 51.0 Å². The normalized spacial score (nSPS) is 27.8. The maximum absolute atomic E-state index is 5.76. The Labute approximate surface area is 136 Å². The molecule has 126 valence electrons. The molecule has 3 unspecified atom stereocenters. The molecule has 6 nitrogen and oxygen atoms in total. The molecule has 0 radical (unpaired) electrons. The highest BCUT2D eigenvalue weighted by Crippen LogP contribution is 2.30. The lowest BCUT2D eigenvalue weighted by Gasteiger charge is -2.21. The average Bonchev–Trinajstić information content (AvgIpc) is 3.38. The van der Waals surface area contributed by atoms with Crippen LogP contribution in [0.15, 0.2) is 18.2 Å². The highest BCUT2D eigenvalue weighted by Gasteiger charge is 2.30. The quantitative estimate of drug-likeness (QED) is 0.601. The molecular weight excluding hydrogens is 298 g/mol. The second-order valence-electron chi connectivity index (χ2n) is 6.36. The maximum Gasteiger partial charge on any atom is 0.161 e. The van der Waals surface area contributed by atoms with Crippen molar-refractivity contribution in [3.05, 3.63) is 23.8 Å². The maximum atomic E-state index is 5.76. The summed E-state index contributed by atoms with van der Waals surface area (Å²) < 4.78 is 27.1. The van der Waals surface area contributed by atoms with E-state index in [4.69, 9.17) is 23.7 Å². The average molecular weight is 321 g/mol. The number of ether oxygens (including phenoxy) is 5. The summed E-state index contributed by atoms with van der Waals surface area (Å²) in [5.41, 5.74) is 1.21. The molecule has 3 heterocycles. The predicted octanol–water partition coefficient (Wildman–Crippen LogP) is 1.07. The largest absolute Gasteiger partial charge is 0.493 e. The number of rotatable bonds is 10. The van der Waals surface area contributed by atoms with Gasteiger partial charge in [-0.15, -0.1) is 0 Å². The van der Waals surface area contributed by atoms with Crippen molar-refractivity contribution in [2.75, 3.05) is 46.6 Å². The third-order valence-corrected chi connectivity index (χ3v) is 4.19. The Bertz CT molecular complexity index is 526. The molecule has 3 atom stereocenters.